The van der Waals surface area contributed by atoms with E-state index in [1.807, 2.05) is 13.8 Å². The second-order valence-electron chi connectivity index (χ2n) is 4.27. The number of hydrogen-bond acceptors (Lipinski definition) is 4. The Morgan fingerprint density at radius 2 is 1.94 bits per heavy atom. The first-order valence-electron chi connectivity index (χ1n) is 6.02. The van der Waals surface area contributed by atoms with Gasteiger partial charge in [-0.05, 0) is 19.8 Å². The molecule has 1 rings (SSSR count). The van der Waals surface area contributed by atoms with Gasteiger partial charge in [-0.2, -0.15) is 9.40 Å². The molecule has 1 aromatic rings. The van der Waals surface area contributed by atoms with Crippen molar-refractivity contribution in [2.24, 2.45) is 0 Å². The summed E-state index contributed by atoms with van der Waals surface area (Å²) in [6, 6.07) is -0.0455. The number of aromatic nitrogens is 2. The summed E-state index contributed by atoms with van der Waals surface area (Å²) in [6.45, 7) is 5.15. The van der Waals surface area contributed by atoms with E-state index in [1.54, 1.807) is 14.0 Å². The van der Waals surface area contributed by atoms with E-state index in [9.17, 15) is 8.42 Å². The van der Waals surface area contributed by atoms with Crippen molar-refractivity contribution in [3.63, 3.8) is 0 Å². The Kier molecular flexibility index (Phi) is 4.89. The maximum absolute atomic E-state index is 12.5. The van der Waals surface area contributed by atoms with Crippen LogP contribution >= 0.6 is 0 Å². The molecule has 0 bridgehead atoms. The van der Waals surface area contributed by atoms with Crippen molar-refractivity contribution in [1.82, 2.24) is 14.5 Å². The van der Waals surface area contributed by atoms with Crippen LogP contribution in [0.15, 0.2) is 4.90 Å². The maximum Gasteiger partial charge on any atom is 0.246 e. The van der Waals surface area contributed by atoms with Crippen LogP contribution in [0.2, 0.25) is 0 Å². The van der Waals surface area contributed by atoms with Gasteiger partial charge >= 0.3 is 0 Å². The molecule has 0 aliphatic heterocycles. The summed E-state index contributed by atoms with van der Waals surface area (Å²) in [4.78, 5) is 0.0967. The van der Waals surface area contributed by atoms with Crippen molar-refractivity contribution in [1.29, 1.82) is 0 Å². The molecule has 2 N–H and O–H groups in total. The molecule has 0 amide bonds. The number of rotatable bonds is 6. The molecule has 0 aromatic carbocycles. The van der Waals surface area contributed by atoms with Crippen molar-refractivity contribution in [3.05, 3.63) is 11.4 Å². The minimum Gasteiger partial charge on any atom is -0.390 e. The van der Waals surface area contributed by atoms with Gasteiger partial charge in [-0.25, -0.2) is 8.42 Å². The van der Waals surface area contributed by atoms with Crippen molar-refractivity contribution in [2.75, 3.05) is 7.05 Å². The molecule has 0 aliphatic carbocycles. The van der Waals surface area contributed by atoms with Crippen molar-refractivity contribution >= 4 is 10.0 Å². The first-order valence-corrected chi connectivity index (χ1v) is 7.46. The minimum atomic E-state index is -3.61. The molecule has 104 valence electrons. The Hall–Kier alpha value is -0.920. The summed E-state index contributed by atoms with van der Waals surface area (Å²) < 4.78 is 26.4. The lowest BCUT2D eigenvalue weighted by Crippen LogP contribution is -2.36. The minimum absolute atomic E-state index is 0.0455. The number of aliphatic hydroxyl groups excluding tert-OH is 1. The van der Waals surface area contributed by atoms with Crippen LogP contribution in [0.4, 0.5) is 0 Å². The van der Waals surface area contributed by atoms with Crippen LogP contribution in [-0.4, -0.2) is 41.1 Å². The highest BCUT2D eigenvalue weighted by molar-refractivity contribution is 7.89. The van der Waals surface area contributed by atoms with Crippen LogP contribution in [-0.2, 0) is 16.6 Å². The first kappa shape index (κ1) is 15.1. The second kappa shape index (κ2) is 5.81. The summed E-state index contributed by atoms with van der Waals surface area (Å²) in [7, 11) is -2.04. The molecular weight excluding hydrogens is 254 g/mol. The highest BCUT2D eigenvalue weighted by Crippen LogP contribution is 2.24. The predicted molar refractivity (Wildman–Crippen MR) is 68.6 cm³/mol. The first-order chi connectivity index (χ1) is 8.39. The number of hydrogen-bond donors (Lipinski definition) is 2. The van der Waals surface area contributed by atoms with E-state index >= 15 is 0 Å². The van der Waals surface area contributed by atoms with Crippen LogP contribution in [0, 0.1) is 6.92 Å². The normalized spacial score (nSPS) is 12.6. The molecule has 18 heavy (non-hydrogen) atoms. The molecule has 0 unspecified atom stereocenters. The van der Waals surface area contributed by atoms with Gasteiger partial charge in [0.2, 0.25) is 10.0 Å². The van der Waals surface area contributed by atoms with Gasteiger partial charge in [0.1, 0.15) is 10.6 Å². The zero-order valence-electron chi connectivity index (χ0n) is 11.3. The van der Waals surface area contributed by atoms with E-state index < -0.39 is 16.6 Å². The lowest BCUT2D eigenvalue weighted by molar-refractivity contribution is 0.272. The van der Waals surface area contributed by atoms with Crippen LogP contribution in [0.25, 0.3) is 0 Å². The Morgan fingerprint density at radius 3 is 2.39 bits per heavy atom. The smallest absolute Gasteiger partial charge is 0.246 e. The molecule has 0 fully saturated rings. The number of aromatic amines is 1. The summed E-state index contributed by atoms with van der Waals surface area (Å²) >= 11 is 0. The van der Waals surface area contributed by atoms with Gasteiger partial charge in [0.25, 0.3) is 0 Å². The summed E-state index contributed by atoms with van der Waals surface area (Å²) in [5.74, 6) is 0. The molecule has 6 nitrogen and oxygen atoms in total. The molecule has 0 atom stereocenters. The SMILES string of the molecule is CCC(CC)N(C)S(=O)(=O)c1c(CO)n[nH]c1C. The zero-order valence-corrected chi connectivity index (χ0v) is 12.1. The predicted octanol–water partition coefficient (Wildman–Crippen LogP) is 1.02. The Labute approximate surface area is 108 Å². The van der Waals surface area contributed by atoms with E-state index in [4.69, 9.17) is 5.11 Å². The number of sulfonamides is 1. The molecule has 1 aromatic heterocycles. The molecule has 0 radical (unpaired) electrons. The van der Waals surface area contributed by atoms with Gasteiger partial charge in [-0.15, -0.1) is 0 Å². The third-order valence-corrected chi connectivity index (χ3v) is 5.32. The molecule has 0 aliphatic rings. The van der Waals surface area contributed by atoms with Crippen molar-refractivity contribution in [3.8, 4) is 0 Å². The van der Waals surface area contributed by atoms with E-state index in [0.29, 0.717) is 5.69 Å². The molecular formula is C11H21N3O3S. The van der Waals surface area contributed by atoms with E-state index in [2.05, 4.69) is 10.2 Å². The van der Waals surface area contributed by atoms with Crippen LogP contribution in [0.3, 0.4) is 0 Å². The number of nitrogens with zero attached hydrogens (tertiary/aromatic N) is 2. The second-order valence-corrected chi connectivity index (χ2v) is 6.21. The summed E-state index contributed by atoms with van der Waals surface area (Å²) in [5, 5.41) is 15.6. The molecule has 7 heteroatoms. The number of nitrogens with one attached hydrogen (secondary N) is 1. The fourth-order valence-corrected chi connectivity index (χ4v) is 3.88. The fourth-order valence-electron chi connectivity index (χ4n) is 2.06. The highest BCUT2D eigenvalue weighted by Gasteiger charge is 2.31. The van der Waals surface area contributed by atoms with Gasteiger partial charge in [0.05, 0.1) is 12.3 Å². The summed E-state index contributed by atoms with van der Waals surface area (Å²) in [5.41, 5.74) is 0.627. The fraction of sp³-hybridized carbons (Fsp3) is 0.727. The number of H-pyrrole nitrogens is 1. The average molecular weight is 275 g/mol. The standard InChI is InChI=1S/C11H21N3O3S/c1-5-9(6-2)14(4)18(16,17)11-8(3)12-13-10(11)7-15/h9,15H,5-7H2,1-4H3,(H,12,13). The number of aryl methyl sites for hydroxylation is 1. The van der Waals surface area contributed by atoms with Gasteiger partial charge in [-0.1, -0.05) is 13.8 Å². The molecule has 0 saturated heterocycles. The molecule has 0 spiro atoms. The largest absolute Gasteiger partial charge is 0.390 e. The Bertz CT molecular complexity index is 492. The lowest BCUT2D eigenvalue weighted by Gasteiger charge is -2.25. The zero-order chi connectivity index (χ0) is 13.9. The maximum atomic E-state index is 12.5. The van der Waals surface area contributed by atoms with Gasteiger partial charge in [0, 0.05) is 13.1 Å². The van der Waals surface area contributed by atoms with Gasteiger partial charge in [0.15, 0.2) is 0 Å². The third-order valence-electron chi connectivity index (χ3n) is 3.20. The van der Waals surface area contributed by atoms with Crippen molar-refractivity contribution < 1.29 is 13.5 Å². The van der Waals surface area contributed by atoms with Crippen LogP contribution in [0.1, 0.15) is 38.1 Å². The van der Waals surface area contributed by atoms with Crippen molar-refractivity contribution in [2.45, 2.75) is 51.2 Å². The molecule has 1 heterocycles. The van der Waals surface area contributed by atoms with E-state index in [0.717, 1.165) is 12.8 Å². The third kappa shape index (κ3) is 2.57. The lowest BCUT2D eigenvalue weighted by atomic mass is 10.2. The Balaban J connectivity index is 3.24. The quantitative estimate of drug-likeness (QED) is 0.811. The topological polar surface area (TPSA) is 86.3 Å². The van der Waals surface area contributed by atoms with Crippen LogP contribution in [0.5, 0.6) is 0 Å². The average Bonchev–Trinajstić information content (AvgIpc) is 2.72. The number of aliphatic hydroxyl groups is 1. The van der Waals surface area contributed by atoms with E-state index in [-0.39, 0.29) is 16.6 Å². The van der Waals surface area contributed by atoms with Gasteiger partial charge < -0.3 is 5.11 Å². The Morgan fingerprint density at radius 1 is 1.39 bits per heavy atom. The van der Waals surface area contributed by atoms with E-state index in [1.165, 1.54) is 4.31 Å². The van der Waals surface area contributed by atoms with Crippen LogP contribution < -0.4 is 0 Å². The monoisotopic (exact) mass is 275 g/mol. The van der Waals surface area contributed by atoms with Gasteiger partial charge in [-0.3, -0.25) is 5.10 Å². The highest BCUT2D eigenvalue weighted by atomic mass is 32.2. The molecule has 0 saturated carbocycles. The summed E-state index contributed by atoms with van der Waals surface area (Å²) in [6.07, 6.45) is 1.50.